The Labute approximate surface area is 127 Å². The van der Waals surface area contributed by atoms with Crippen molar-refractivity contribution in [1.82, 2.24) is 0 Å². The molecule has 0 aliphatic rings. The molecule has 108 valence electrons. The van der Waals surface area contributed by atoms with Crippen molar-refractivity contribution in [2.75, 3.05) is 5.32 Å². The van der Waals surface area contributed by atoms with E-state index >= 15 is 0 Å². The van der Waals surface area contributed by atoms with E-state index in [4.69, 9.17) is 17.3 Å². The lowest BCUT2D eigenvalue weighted by Gasteiger charge is -2.05. The van der Waals surface area contributed by atoms with Crippen LogP contribution in [0.3, 0.4) is 0 Å². The Bertz CT molecular complexity index is 744. The normalized spacial score (nSPS) is 10.1. The van der Waals surface area contributed by atoms with Gasteiger partial charge >= 0.3 is 0 Å². The Hall–Kier alpha value is -2.45. The molecule has 2 amide bonds. The smallest absolute Gasteiger partial charge is 0.282 e. The molecule has 1 heterocycles. The van der Waals surface area contributed by atoms with Crippen molar-refractivity contribution in [2.24, 2.45) is 5.73 Å². The summed E-state index contributed by atoms with van der Waals surface area (Å²) in [6.07, 6.45) is 0. The van der Waals surface area contributed by atoms with Gasteiger partial charge in [-0.05, 0) is 23.6 Å². The highest BCUT2D eigenvalue weighted by molar-refractivity contribution is 7.14. The second-order valence-corrected chi connectivity index (χ2v) is 5.25. The van der Waals surface area contributed by atoms with Crippen LogP contribution in [0.25, 0.3) is 0 Å². The van der Waals surface area contributed by atoms with Crippen LogP contribution in [0.2, 0.25) is 5.02 Å². The molecule has 0 atom stereocenters. The van der Waals surface area contributed by atoms with Crippen LogP contribution < -0.4 is 11.1 Å². The van der Waals surface area contributed by atoms with Crippen molar-refractivity contribution < 1.29 is 14.5 Å². The van der Waals surface area contributed by atoms with E-state index in [1.54, 1.807) is 5.38 Å². The van der Waals surface area contributed by atoms with Gasteiger partial charge in [0.25, 0.3) is 17.5 Å². The lowest BCUT2D eigenvalue weighted by Crippen LogP contribution is -2.17. The first-order chi connectivity index (χ1) is 9.90. The van der Waals surface area contributed by atoms with E-state index < -0.39 is 16.7 Å². The maximum Gasteiger partial charge on any atom is 0.282 e. The number of benzene rings is 1. The summed E-state index contributed by atoms with van der Waals surface area (Å²) >= 11 is 6.84. The summed E-state index contributed by atoms with van der Waals surface area (Å²) in [5, 5.41) is 15.3. The van der Waals surface area contributed by atoms with Crippen molar-refractivity contribution in [1.29, 1.82) is 0 Å². The molecular weight excluding hydrogens is 318 g/mol. The summed E-state index contributed by atoms with van der Waals surface area (Å²) in [4.78, 5) is 33.6. The average Bonchev–Trinajstić information content (AvgIpc) is 2.86. The fourth-order valence-electron chi connectivity index (χ4n) is 1.62. The quantitative estimate of drug-likeness (QED) is 0.664. The first kappa shape index (κ1) is 14.9. The van der Waals surface area contributed by atoms with E-state index in [1.165, 1.54) is 18.2 Å². The minimum Gasteiger partial charge on any atom is -0.366 e. The zero-order chi connectivity index (χ0) is 15.6. The van der Waals surface area contributed by atoms with Gasteiger partial charge in [0.1, 0.15) is 10.6 Å². The van der Waals surface area contributed by atoms with Crippen LogP contribution in [0.1, 0.15) is 20.7 Å². The lowest BCUT2D eigenvalue weighted by atomic mass is 10.1. The van der Waals surface area contributed by atoms with Gasteiger partial charge in [0.05, 0.1) is 10.5 Å². The highest BCUT2D eigenvalue weighted by atomic mass is 35.5. The van der Waals surface area contributed by atoms with Gasteiger partial charge < -0.3 is 11.1 Å². The van der Waals surface area contributed by atoms with Gasteiger partial charge in [-0.1, -0.05) is 11.6 Å². The summed E-state index contributed by atoms with van der Waals surface area (Å²) in [7, 11) is 0. The Morgan fingerprint density at radius 2 is 2.00 bits per heavy atom. The van der Waals surface area contributed by atoms with Crippen molar-refractivity contribution in [3.05, 3.63) is 55.9 Å². The minimum atomic E-state index is -0.742. The molecule has 0 unspecified atom stereocenters. The van der Waals surface area contributed by atoms with Gasteiger partial charge in [0, 0.05) is 11.1 Å². The van der Waals surface area contributed by atoms with E-state index in [0.717, 1.165) is 17.4 Å². The predicted molar refractivity (Wildman–Crippen MR) is 78.9 cm³/mol. The molecular formula is C12H8ClN3O4S. The molecule has 0 saturated heterocycles. The predicted octanol–water partition coefficient (Wildman–Crippen LogP) is 2.66. The van der Waals surface area contributed by atoms with Crippen molar-refractivity contribution >= 4 is 45.4 Å². The summed E-state index contributed by atoms with van der Waals surface area (Å²) in [5.41, 5.74) is 4.72. The van der Waals surface area contributed by atoms with Gasteiger partial charge in [0.2, 0.25) is 0 Å². The Morgan fingerprint density at radius 1 is 1.29 bits per heavy atom. The van der Waals surface area contributed by atoms with Gasteiger partial charge in [-0.3, -0.25) is 19.7 Å². The number of rotatable bonds is 4. The third-order valence-corrected chi connectivity index (χ3v) is 3.62. The molecule has 1 aromatic heterocycles. The van der Waals surface area contributed by atoms with Crippen LogP contribution in [-0.4, -0.2) is 16.7 Å². The third kappa shape index (κ3) is 3.18. The molecule has 0 aliphatic heterocycles. The molecule has 3 N–H and O–H groups in total. The summed E-state index contributed by atoms with van der Waals surface area (Å²) in [5.74, 6) is -1.44. The van der Waals surface area contributed by atoms with E-state index in [-0.39, 0.29) is 26.8 Å². The zero-order valence-corrected chi connectivity index (χ0v) is 11.9. The average molecular weight is 326 g/mol. The lowest BCUT2D eigenvalue weighted by molar-refractivity contribution is -0.385. The van der Waals surface area contributed by atoms with Crippen LogP contribution in [0, 0.1) is 10.1 Å². The molecule has 0 spiro atoms. The van der Waals surface area contributed by atoms with E-state index in [2.05, 4.69) is 5.32 Å². The second kappa shape index (κ2) is 5.90. The number of anilines is 1. The summed E-state index contributed by atoms with van der Waals surface area (Å²) in [6.45, 7) is 0. The number of primary amides is 1. The maximum absolute atomic E-state index is 12.1. The molecule has 9 heteroatoms. The number of nitro benzene ring substituents is 1. The fourth-order valence-corrected chi connectivity index (χ4v) is 2.58. The highest BCUT2D eigenvalue weighted by Gasteiger charge is 2.22. The monoisotopic (exact) mass is 325 g/mol. The van der Waals surface area contributed by atoms with Crippen molar-refractivity contribution in [3.63, 3.8) is 0 Å². The Kier molecular flexibility index (Phi) is 4.20. The Balaban J connectivity index is 2.37. The topological polar surface area (TPSA) is 115 Å². The molecule has 0 saturated carbocycles. The maximum atomic E-state index is 12.1. The molecule has 7 nitrogen and oxygen atoms in total. The van der Waals surface area contributed by atoms with E-state index in [1.807, 2.05) is 0 Å². The molecule has 21 heavy (non-hydrogen) atoms. The summed E-state index contributed by atoms with van der Waals surface area (Å²) < 4.78 is 0. The number of carbonyl (C=O) groups excluding carboxylic acids is 2. The molecule has 0 aliphatic carbocycles. The van der Waals surface area contributed by atoms with Crippen molar-refractivity contribution in [2.45, 2.75) is 0 Å². The Morgan fingerprint density at radius 3 is 2.62 bits per heavy atom. The second-order valence-electron chi connectivity index (χ2n) is 3.90. The highest BCUT2D eigenvalue weighted by Crippen LogP contribution is 2.27. The molecule has 0 radical (unpaired) electrons. The van der Waals surface area contributed by atoms with Crippen LogP contribution in [0.15, 0.2) is 29.6 Å². The number of hydrogen-bond donors (Lipinski definition) is 2. The number of nitrogens with zero attached hydrogens (tertiary/aromatic N) is 1. The number of halogens is 1. The summed E-state index contributed by atoms with van der Waals surface area (Å²) in [6, 6.07) is 5.10. The van der Waals surface area contributed by atoms with Crippen LogP contribution in [0.5, 0.6) is 0 Å². The van der Waals surface area contributed by atoms with E-state index in [0.29, 0.717) is 0 Å². The largest absolute Gasteiger partial charge is 0.366 e. The number of amides is 2. The van der Waals surface area contributed by atoms with Gasteiger partial charge in [-0.25, -0.2) is 0 Å². The number of hydrogen-bond acceptors (Lipinski definition) is 5. The van der Waals surface area contributed by atoms with Crippen LogP contribution >= 0.6 is 22.9 Å². The number of thiophene rings is 1. The fraction of sp³-hybridized carbons (Fsp3) is 0. The number of nitro groups is 1. The SMILES string of the molecule is NC(=O)c1ccsc1NC(=O)c1cc(Cl)ccc1[N+](=O)[O-]. The van der Waals surface area contributed by atoms with E-state index in [9.17, 15) is 19.7 Å². The van der Waals surface area contributed by atoms with Crippen LogP contribution in [-0.2, 0) is 0 Å². The molecule has 2 aromatic rings. The van der Waals surface area contributed by atoms with Crippen LogP contribution in [0.4, 0.5) is 10.7 Å². The van der Waals surface area contributed by atoms with Gasteiger partial charge in [0.15, 0.2) is 0 Å². The molecule has 0 bridgehead atoms. The zero-order valence-electron chi connectivity index (χ0n) is 10.3. The van der Waals surface area contributed by atoms with Gasteiger partial charge in [-0.15, -0.1) is 11.3 Å². The molecule has 1 aromatic carbocycles. The first-order valence-electron chi connectivity index (χ1n) is 5.52. The minimum absolute atomic E-state index is 0.137. The first-order valence-corrected chi connectivity index (χ1v) is 6.78. The number of carbonyl (C=O) groups is 2. The van der Waals surface area contributed by atoms with Gasteiger partial charge in [-0.2, -0.15) is 0 Å². The molecule has 2 rings (SSSR count). The van der Waals surface area contributed by atoms with Crippen molar-refractivity contribution in [3.8, 4) is 0 Å². The number of nitrogens with two attached hydrogens (primary N) is 1. The molecule has 0 fully saturated rings. The standard InChI is InChI=1S/C12H8ClN3O4S/c13-6-1-2-9(16(19)20)8(5-6)11(18)15-12-7(10(14)17)3-4-21-12/h1-5H,(H2,14,17)(H,15,18). The number of nitrogens with one attached hydrogen (secondary N) is 1. The third-order valence-electron chi connectivity index (χ3n) is 2.56.